The number of nitrogens with one attached hydrogen (secondary N) is 3. The third-order valence-electron chi connectivity index (χ3n) is 15.1. The SMILES string of the molecule is Cc1nc([C@H](C)NC(=O)c2ccc(-c3ccc(NC(=O)OC(C)(C)C)cc3)cc2)cc(N2[C@H](C(=O)NCCCC(=O)N3CCC(OCCOc4ccc(COc5ccc6oc(-c7cccnc7)nc6c5)nc4)CC3)C[C@@H]3CCCC[C@@H]32)n1. The van der Waals surface area contributed by atoms with Gasteiger partial charge in [0.25, 0.3) is 5.91 Å². The van der Waals surface area contributed by atoms with Crippen molar-refractivity contribution in [2.75, 3.05) is 43.1 Å². The Hall–Kier alpha value is -8.45. The summed E-state index contributed by atoms with van der Waals surface area (Å²) < 4.78 is 29.3. The Morgan fingerprint density at radius 3 is 2.32 bits per heavy atom. The van der Waals surface area contributed by atoms with Gasteiger partial charge in [-0.05, 0) is 151 Å². The molecule has 10 rings (SSSR count). The first kappa shape index (κ1) is 56.8. The van der Waals surface area contributed by atoms with Gasteiger partial charge in [0.1, 0.15) is 53.5 Å². The summed E-state index contributed by atoms with van der Waals surface area (Å²) in [5.41, 5.74) is 5.92. The van der Waals surface area contributed by atoms with Crippen molar-refractivity contribution in [2.45, 2.75) is 129 Å². The number of likely N-dealkylation sites (tertiary alicyclic amines) is 1. The summed E-state index contributed by atoms with van der Waals surface area (Å²) in [7, 11) is 0. The van der Waals surface area contributed by atoms with Gasteiger partial charge < -0.3 is 43.8 Å². The highest BCUT2D eigenvalue weighted by molar-refractivity contribution is 5.95. The van der Waals surface area contributed by atoms with Crippen LogP contribution in [0.2, 0.25) is 0 Å². The van der Waals surface area contributed by atoms with Crippen LogP contribution in [0.1, 0.15) is 119 Å². The fraction of sp³-hybridized carbons (Fsp3) is 0.413. The summed E-state index contributed by atoms with van der Waals surface area (Å²) in [4.78, 5) is 80.2. The maximum Gasteiger partial charge on any atom is 0.412 e. The highest BCUT2D eigenvalue weighted by Gasteiger charge is 2.46. The predicted molar refractivity (Wildman–Crippen MR) is 310 cm³/mol. The molecule has 3 aliphatic rings. The lowest BCUT2D eigenvalue weighted by Gasteiger charge is -2.35. The monoisotopic (exact) mass is 1110 g/mol. The molecule has 82 heavy (non-hydrogen) atoms. The zero-order chi connectivity index (χ0) is 57.2. The fourth-order valence-electron chi connectivity index (χ4n) is 11.0. The van der Waals surface area contributed by atoms with E-state index in [-0.39, 0.29) is 36.5 Å². The van der Waals surface area contributed by atoms with Crippen LogP contribution in [-0.2, 0) is 25.7 Å². The summed E-state index contributed by atoms with van der Waals surface area (Å²) in [6.07, 6.45) is 12.0. The van der Waals surface area contributed by atoms with Gasteiger partial charge in [0.05, 0.1) is 41.9 Å². The zero-order valence-electron chi connectivity index (χ0n) is 47.3. The number of anilines is 2. The predicted octanol–water partition coefficient (Wildman–Crippen LogP) is 10.6. The molecule has 0 unspecified atom stereocenters. The number of carbonyl (C=O) groups excluding carboxylic acids is 4. The lowest BCUT2D eigenvalue weighted by molar-refractivity contribution is -0.134. The normalized spacial score (nSPS) is 17.6. The maximum atomic E-state index is 14.1. The van der Waals surface area contributed by atoms with E-state index in [9.17, 15) is 19.2 Å². The van der Waals surface area contributed by atoms with E-state index in [0.717, 1.165) is 67.3 Å². The third-order valence-corrected chi connectivity index (χ3v) is 15.1. The minimum Gasteiger partial charge on any atom is -0.490 e. The quantitative estimate of drug-likeness (QED) is 0.0604. The average Bonchev–Trinajstić information content (AvgIpc) is 4.32. The van der Waals surface area contributed by atoms with Crippen molar-refractivity contribution >= 4 is 46.4 Å². The number of carbonyl (C=O) groups is 4. The van der Waals surface area contributed by atoms with Crippen molar-refractivity contribution in [3.8, 4) is 34.1 Å². The molecule has 19 nitrogen and oxygen atoms in total. The van der Waals surface area contributed by atoms with E-state index in [1.54, 1.807) is 42.9 Å². The molecule has 4 amide bonds. The number of hydrogen-bond acceptors (Lipinski definition) is 15. The molecule has 6 heterocycles. The number of pyridine rings is 2. The lowest BCUT2D eigenvalue weighted by atomic mass is 9.84. The van der Waals surface area contributed by atoms with E-state index >= 15 is 0 Å². The Morgan fingerprint density at radius 1 is 0.805 bits per heavy atom. The first-order valence-electron chi connectivity index (χ1n) is 28.5. The van der Waals surface area contributed by atoms with Crippen LogP contribution in [0, 0.1) is 12.8 Å². The standard InChI is InChI=1S/C63H72N10O9/c1-40(67-59(75)44-16-14-42(15-17-44)43-18-20-47(21-19-43)70-62(77)82-63(3,4)5)52-36-57(69-41(2)68-52)73-54-12-7-6-10-45(54)34-55(73)60(76)65-29-9-13-58(74)72-30-26-49(27-31-72)78-32-33-79-51-23-22-48(66-38-51)39-80-50-24-25-56-53(35-50)71-61(81-56)46-11-8-28-64-37-46/h8,11,14-25,28,35-38,40,45,49,54-55H,6-7,9-10,12-13,26-27,29-34,39H2,1-5H3,(H,65,76)(H,67,75)(H,70,77)/t40-,45-,54-,55-/m0/s1. The van der Waals surface area contributed by atoms with Crippen molar-refractivity contribution < 1.29 is 42.5 Å². The third kappa shape index (κ3) is 14.7. The Morgan fingerprint density at radius 2 is 1.57 bits per heavy atom. The summed E-state index contributed by atoms with van der Waals surface area (Å²) in [5, 5.41) is 9.04. The van der Waals surface area contributed by atoms with Gasteiger partial charge in [-0.15, -0.1) is 0 Å². The van der Waals surface area contributed by atoms with Crippen molar-refractivity contribution in [1.82, 2.24) is 40.5 Å². The second kappa shape index (κ2) is 26.0. The lowest BCUT2D eigenvalue weighted by Crippen LogP contribution is -2.47. The molecule has 7 aromatic rings. The number of benzene rings is 3. The van der Waals surface area contributed by atoms with Crippen LogP contribution in [0.15, 0.2) is 120 Å². The van der Waals surface area contributed by atoms with Crippen LogP contribution in [0.3, 0.4) is 0 Å². The molecule has 0 radical (unpaired) electrons. The van der Waals surface area contributed by atoms with Crippen LogP contribution in [0.25, 0.3) is 33.7 Å². The molecule has 19 heteroatoms. The summed E-state index contributed by atoms with van der Waals surface area (Å²) >= 11 is 0. The second-order valence-corrected chi connectivity index (χ2v) is 22.3. The molecule has 2 aliphatic heterocycles. The van der Waals surface area contributed by atoms with Crippen LogP contribution >= 0.6 is 0 Å². The van der Waals surface area contributed by atoms with Gasteiger partial charge in [-0.1, -0.05) is 37.1 Å². The number of amides is 4. The van der Waals surface area contributed by atoms with Crippen molar-refractivity contribution in [1.29, 1.82) is 0 Å². The van der Waals surface area contributed by atoms with Gasteiger partial charge in [-0.2, -0.15) is 0 Å². The number of rotatable bonds is 20. The highest BCUT2D eigenvalue weighted by atomic mass is 16.6. The molecule has 2 saturated heterocycles. The van der Waals surface area contributed by atoms with E-state index < -0.39 is 23.8 Å². The molecule has 4 atom stereocenters. The van der Waals surface area contributed by atoms with Crippen molar-refractivity contribution in [2.24, 2.45) is 5.92 Å². The first-order chi connectivity index (χ1) is 39.7. The smallest absolute Gasteiger partial charge is 0.412 e. The molecule has 3 N–H and O–H groups in total. The van der Waals surface area contributed by atoms with Crippen molar-refractivity contribution in [3.05, 3.63) is 138 Å². The minimum absolute atomic E-state index is 0.0392. The van der Waals surface area contributed by atoms with Gasteiger partial charge in [0.2, 0.25) is 17.7 Å². The minimum atomic E-state index is -0.600. The molecule has 1 saturated carbocycles. The number of hydrogen-bond donors (Lipinski definition) is 3. The van der Waals surface area contributed by atoms with Crippen molar-refractivity contribution in [3.63, 3.8) is 0 Å². The summed E-state index contributed by atoms with van der Waals surface area (Å²) in [6.45, 7) is 11.9. The number of fused-ring (bicyclic) bond motifs is 2. The zero-order valence-corrected chi connectivity index (χ0v) is 47.3. The molecular formula is C63H72N10O9. The highest BCUT2D eigenvalue weighted by Crippen LogP contribution is 2.42. The van der Waals surface area contributed by atoms with Crippen LogP contribution in [-0.4, -0.2) is 110 Å². The average molecular weight is 1110 g/mol. The van der Waals surface area contributed by atoms with Gasteiger partial charge in [-0.3, -0.25) is 29.7 Å². The van der Waals surface area contributed by atoms with Crippen LogP contribution < -0.4 is 30.3 Å². The number of nitrogens with zero attached hydrogens (tertiary/aromatic N) is 7. The van der Waals surface area contributed by atoms with E-state index in [2.05, 4.69) is 35.8 Å². The van der Waals surface area contributed by atoms with Gasteiger partial charge in [-0.25, -0.2) is 19.7 Å². The number of aromatic nitrogens is 5. The Labute approximate surface area is 477 Å². The number of piperidine rings is 1. The van der Waals surface area contributed by atoms with Crippen LogP contribution in [0.4, 0.5) is 16.3 Å². The molecule has 428 valence electrons. The molecule has 3 aromatic carbocycles. The van der Waals surface area contributed by atoms with Gasteiger partial charge >= 0.3 is 6.09 Å². The Bertz CT molecular complexity index is 3310. The van der Waals surface area contributed by atoms with Gasteiger partial charge in [0.15, 0.2) is 5.58 Å². The Balaban J connectivity index is 0.634. The molecule has 0 bridgehead atoms. The number of aryl methyl sites for hydroxylation is 1. The Kier molecular flexibility index (Phi) is 18.0. The van der Waals surface area contributed by atoms with Crippen LogP contribution in [0.5, 0.6) is 11.5 Å². The van der Waals surface area contributed by atoms with E-state index in [1.807, 2.05) is 112 Å². The maximum absolute atomic E-state index is 14.1. The molecular weight excluding hydrogens is 1040 g/mol. The first-order valence-corrected chi connectivity index (χ1v) is 28.5. The number of oxazole rings is 1. The topological polar surface area (TPSA) is 225 Å². The molecule has 4 aromatic heterocycles. The second-order valence-electron chi connectivity index (χ2n) is 22.3. The van der Waals surface area contributed by atoms with E-state index in [1.165, 1.54) is 0 Å². The summed E-state index contributed by atoms with van der Waals surface area (Å²) in [5.74, 6) is 3.18. The van der Waals surface area contributed by atoms with Gasteiger partial charge in [0, 0.05) is 67.9 Å². The van der Waals surface area contributed by atoms with E-state index in [4.69, 9.17) is 33.3 Å². The fourth-order valence-corrected chi connectivity index (χ4v) is 11.0. The molecule has 3 fully saturated rings. The summed E-state index contributed by atoms with van der Waals surface area (Å²) in [6, 6.07) is 29.0. The largest absolute Gasteiger partial charge is 0.490 e. The van der Waals surface area contributed by atoms with E-state index in [0.29, 0.717) is 109 Å². The molecule has 0 spiro atoms. The molecule has 1 aliphatic carbocycles. The number of ether oxygens (including phenoxy) is 4.